The van der Waals surface area contributed by atoms with Crippen LogP contribution in [0.4, 0.5) is 5.69 Å². The molecule has 0 bridgehead atoms. The van der Waals surface area contributed by atoms with Crippen molar-refractivity contribution in [3.63, 3.8) is 0 Å². The average Bonchev–Trinajstić information content (AvgIpc) is 2.96. The maximum absolute atomic E-state index is 12.0. The van der Waals surface area contributed by atoms with Crippen LogP contribution in [0.5, 0.6) is 0 Å². The molecule has 0 unspecified atom stereocenters. The van der Waals surface area contributed by atoms with Crippen molar-refractivity contribution in [3.8, 4) is 0 Å². The lowest BCUT2D eigenvalue weighted by Crippen LogP contribution is -2.24. The van der Waals surface area contributed by atoms with E-state index in [1.54, 1.807) is 18.6 Å². The van der Waals surface area contributed by atoms with E-state index in [0.29, 0.717) is 12.1 Å². The van der Waals surface area contributed by atoms with Gasteiger partial charge in [-0.1, -0.05) is 6.07 Å². The van der Waals surface area contributed by atoms with Crippen LogP contribution < -0.4 is 5.32 Å². The van der Waals surface area contributed by atoms with Gasteiger partial charge in [-0.3, -0.25) is 14.5 Å². The normalized spacial score (nSPS) is 18.1. The topological polar surface area (TPSA) is 69.0 Å². The van der Waals surface area contributed by atoms with Crippen molar-refractivity contribution >= 4 is 11.6 Å². The van der Waals surface area contributed by atoms with Gasteiger partial charge in [0.1, 0.15) is 0 Å². The van der Waals surface area contributed by atoms with Gasteiger partial charge in [0.15, 0.2) is 0 Å². The third-order valence-electron chi connectivity index (χ3n) is 3.67. The molecule has 2 aromatic rings. The van der Waals surface area contributed by atoms with E-state index >= 15 is 0 Å². The van der Waals surface area contributed by atoms with Crippen LogP contribution in [0.15, 0.2) is 36.9 Å². The zero-order chi connectivity index (χ0) is 15.2. The molecule has 0 aliphatic carbocycles. The molecule has 1 fully saturated rings. The van der Waals surface area contributed by atoms with Gasteiger partial charge in [0.05, 0.1) is 31.0 Å². The van der Waals surface area contributed by atoms with E-state index in [2.05, 4.69) is 15.4 Å². The molecule has 1 aliphatic heterocycles. The Morgan fingerprint density at radius 1 is 1.41 bits per heavy atom. The summed E-state index contributed by atoms with van der Waals surface area (Å²) < 4.78 is 7.53. The van der Waals surface area contributed by atoms with Crippen LogP contribution in [0.3, 0.4) is 0 Å². The van der Waals surface area contributed by atoms with E-state index in [-0.39, 0.29) is 12.0 Å². The Labute approximate surface area is 129 Å². The monoisotopic (exact) mass is 300 g/mol. The number of carbonyl (C=O) groups excluding carboxylic acids is 1. The summed E-state index contributed by atoms with van der Waals surface area (Å²) in [4.78, 5) is 16.0. The number of nitrogens with zero attached hydrogens (tertiary/aromatic N) is 3. The fraction of sp³-hybridized carbons (Fsp3) is 0.438. The Morgan fingerprint density at radius 3 is 3.14 bits per heavy atom. The van der Waals surface area contributed by atoms with E-state index in [1.165, 1.54) is 6.42 Å². The highest BCUT2D eigenvalue weighted by atomic mass is 16.5. The number of pyridine rings is 1. The van der Waals surface area contributed by atoms with Crippen LogP contribution in [0.2, 0.25) is 0 Å². The molecule has 3 rings (SSSR count). The Bertz CT molecular complexity index is 606. The minimum Gasteiger partial charge on any atom is -0.376 e. The molecular formula is C16H20N4O2. The molecule has 1 aliphatic rings. The number of aromatic nitrogens is 3. The quantitative estimate of drug-likeness (QED) is 0.917. The number of hydrogen-bond acceptors (Lipinski definition) is 4. The summed E-state index contributed by atoms with van der Waals surface area (Å²) in [7, 11) is 0. The van der Waals surface area contributed by atoms with Gasteiger partial charge in [0, 0.05) is 25.2 Å². The van der Waals surface area contributed by atoms with Gasteiger partial charge in [0.2, 0.25) is 5.91 Å². The number of anilines is 1. The maximum Gasteiger partial charge on any atom is 0.228 e. The van der Waals surface area contributed by atoms with Crippen molar-refractivity contribution in [2.45, 2.75) is 38.3 Å². The van der Waals surface area contributed by atoms with Crippen LogP contribution in [-0.2, 0) is 22.5 Å². The predicted molar refractivity (Wildman–Crippen MR) is 82.4 cm³/mol. The summed E-state index contributed by atoms with van der Waals surface area (Å²) in [6.07, 6.45) is 10.9. The van der Waals surface area contributed by atoms with Crippen LogP contribution in [-0.4, -0.2) is 33.4 Å². The zero-order valence-corrected chi connectivity index (χ0v) is 12.4. The van der Waals surface area contributed by atoms with E-state index in [4.69, 9.17) is 4.74 Å². The minimum atomic E-state index is -0.0681. The Hall–Kier alpha value is -2.21. The largest absolute Gasteiger partial charge is 0.376 e. The molecule has 0 spiro atoms. The zero-order valence-electron chi connectivity index (χ0n) is 12.4. The van der Waals surface area contributed by atoms with Crippen LogP contribution in [0.25, 0.3) is 0 Å². The van der Waals surface area contributed by atoms with Gasteiger partial charge in [-0.15, -0.1) is 0 Å². The third kappa shape index (κ3) is 4.14. The molecule has 116 valence electrons. The molecule has 1 amide bonds. The molecule has 0 radical (unpaired) electrons. The van der Waals surface area contributed by atoms with Gasteiger partial charge in [-0.05, 0) is 30.9 Å². The summed E-state index contributed by atoms with van der Waals surface area (Å²) in [5, 5.41) is 7.14. The lowest BCUT2D eigenvalue weighted by Gasteiger charge is -2.22. The van der Waals surface area contributed by atoms with Crippen LogP contribution >= 0.6 is 0 Å². The Kier molecular flexibility index (Phi) is 4.80. The van der Waals surface area contributed by atoms with E-state index in [9.17, 15) is 4.79 Å². The van der Waals surface area contributed by atoms with Crippen molar-refractivity contribution in [1.82, 2.24) is 14.8 Å². The number of carbonyl (C=O) groups is 1. The Balaban J connectivity index is 1.51. The molecule has 6 heteroatoms. The highest BCUT2D eigenvalue weighted by molar-refractivity contribution is 5.91. The average molecular weight is 300 g/mol. The summed E-state index contributed by atoms with van der Waals surface area (Å²) in [6.45, 7) is 1.57. The minimum absolute atomic E-state index is 0.0681. The highest BCUT2D eigenvalue weighted by Gasteiger charge is 2.15. The molecule has 1 atom stereocenters. The van der Waals surface area contributed by atoms with Gasteiger partial charge < -0.3 is 10.1 Å². The van der Waals surface area contributed by atoms with E-state index in [1.807, 2.05) is 23.0 Å². The highest BCUT2D eigenvalue weighted by Crippen LogP contribution is 2.15. The maximum atomic E-state index is 12.0. The van der Waals surface area contributed by atoms with Crippen LogP contribution in [0, 0.1) is 0 Å². The summed E-state index contributed by atoms with van der Waals surface area (Å²) in [5.74, 6) is -0.0681. The first-order chi connectivity index (χ1) is 10.8. The molecule has 22 heavy (non-hydrogen) atoms. The molecule has 3 heterocycles. The summed E-state index contributed by atoms with van der Waals surface area (Å²) >= 11 is 0. The SMILES string of the molecule is O=C(Cc1cccnc1)Nc1cnn(C[C@H]2CCCCO2)c1. The lowest BCUT2D eigenvalue weighted by atomic mass is 10.1. The second-order valence-electron chi connectivity index (χ2n) is 5.53. The molecule has 6 nitrogen and oxygen atoms in total. The first kappa shape index (κ1) is 14.7. The van der Waals surface area contributed by atoms with Crippen LogP contribution in [0.1, 0.15) is 24.8 Å². The first-order valence-electron chi connectivity index (χ1n) is 7.62. The van der Waals surface area contributed by atoms with Gasteiger partial charge in [-0.25, -0.2) is 0 Å². The fourth-order valence-electron chi connectivity index (χ4n) is 2.58. The fourth-order valence-corrected chi connectivity index (χ4v) is 2.58. The second kappa shape index (κ2) is 7.17. The molecule has 0 saturated carbocycles. The van der Waals surface area contributed by atoms with Crippen molar-refractivity contribution in [3.05, 3.63) is 42.5 Å². The van der Waals surface area contributed by atoms with Gasteiger partial charge in [-0.2, -0.15) is 5.10 Å². The first-order valence-corrected chi connectivity index (χ1v) is 7.62. The van der Waals surface area contributed by atoms with Crippen molar-refractivity contribution in [2.75, 3.05) is 11.9 Å². The number of ether oxygens (including phenoxy) is 1. The molecule has 1 saturated heterocycles. The number of rotatable bonds is 5. The van der Waals surface area contributed by atoms with E-state index in [0.717, 1.165) is 31.6 Å². The van der Waals surface area contributed by atoms with E-state index < -0.39 is 0 Å². The molecule has 1 N–H and O–H groups in total. The van der Waals surface area contributed by atoms with Crippen molar-refractivity contribution in [1.29, 1.82) is 0 Å². The standard InChI is InChI=1S/C16H20N4O2/c21-16(8-13-4-3-6-17-9-13)19-14-10-18-20(11-14)12-15-5-1-2-7-22-15/h3-4,6,9-11,15H,1-2,5,7-8,12H2,(H,19,21)/t15-/m1/s1. The number of hydrogen-bond donors (Lipinski definition) is 1. The van der Waals surface area contributed by atoms with Crippen molar-refractivity contribution < 1.29 is 9.53 Å². The number of nitrogens with one attached hydrogen (secondary N) is 1. The second-order valence-corrected chi connectivity index (χ2v) is 5.53. The van der Waals surface area contributed by atoms with Crippen molar-refractivity contribution in [2.24, 2.45) is 0 Å². The summed E-state index contributed by atoms with van der Waals surface area (Å²) in [5.41, 5.74) is 1.60. The molecule has 0 aromatic carbocycles. The third-order valence-corrected chi connectivity index (χ3v) is 3.67. The molecular weight excluding hydrogens is 280 g/mol. The summed E-state index contributed by atoms with van der Waals surface area (Å²) in [6, 6.07) is 3.71. The smallest absolute Gasteiger partial charge is 0.228 e. The molecule has 2 aromatic heterocycles. The van der Waals surface area contributed by atoms with Gasteiger partial charge >= 0.3 is 0 Å². The predicted octanol–water partition coefficient (Wildman–Crippen LogP) is 2.03. The number of amides is 1. The van der Waals surface area contributed by atoms with Gasteiger partial charge in [0.25, 0.3) is 0 Å². The Morgan fingerprint density at radius 2 is 2.36 bits per heavy atom. The lowest BCUT2D eigenvalue weighted by molar-refractivity contribution is -0.115.